The van der Waals surface area contributed by atoms with E-state index in [2.05, 4.69) is 24.1 Å². The van der Waals surface area contributed by atoms with Gasteiger partial charge in [-0.05, 0) is 56.2 Å². The molecule has 1 aromatic rings. The summed E-state index contributed by atoms with van der Waals surface area (Å²) >= 11 is 0. The molecule has 0 aliphatic heterocycles. The summed E-state index contributed by atoms with van der Waals surface area (Å²) in [5.41, 5.74) is 2.66. The lowest BCUT2D eigenvalue weighted by Gasteiger charge is -2.25. The van der Waals surface area contributed by atoms with Crippen LogP contribution in [0.1, 0.15) is 43.7 Å². The molecule has 0 atom stereocenters. The number of benzene rings is 1. The summed E-state index contributed by atoms with van der Waals surface area (Å²) in [6, 6.07) is 5.72. The highest BCUT2D eigenvalue weighted by Crippen LogP contribution is 2.29. The SMILES string of the molecule is Cc1ccc(C#CCO)cc1NC(=O)C1CCC(C)CC1. The standard InChI is InChI=1S/C18H23NO2/c1-13-5-9-16(10-6-13)18(21)19-17-12-15(4-3-11-20)8-7-14(17)2/h7-8,12-13,16,20H,5-6,9-11H2,1-2H3,(H,19,21). The van der Waals surface area contributed by atoms with Crippen LogP contribution in [0.4, 0.5) is 5.69 Å². The second-order valence-electron chi connectivity index (χ2n) is 5.94. The third kappa shape index (κ3) is 4.34. The van der Waals surface area contributed by atoms with Gasteiger partial charge < -0.3 is 10.4 Å². The molecule has 0 radical (unpaired) electrons. The minimum absolute atomic E-state index is 0.122. The average molecular weight is 285 g/mol. The van der Waals surface area contributed by atoms with Gasteiger partial charge in [0.2, 0.25) is 5.91 Å². The highest BCUT2D eigenvalue weighted by molar-refractivity contribution is 5.93. The number of nitrogens with one attached hydrogen (secondary N) is 1. The Morgan fingerprint density at radius 1 is 1.33 bits per heavy atom. The molecule has 1 fully saturated rings. The van der Waals surface area contributed by atoms with Gasteiger partial charge >= 0.3 is 0 Å². The number of aryl methyl sites for hydroxylation is 1. The quantitative estimate of drug-likeness (QED) is 0.820. The molecule has 0 aromatic heterocycles. The molecule has 0 saturated heterocycles. The molecule has 3 nitrogen and oxygen atoms in total. The van der Waals surface area contributed by atoms with Crippen molar-refractivity contribution < 1.29 is 9.90 Å². The summed E-state index contributed by atoms with van der Waals surface area (Å²) in [6.07, 6.45) is 4.24. The Balaban J connectivity index is 2.06. The average Bonchev–Trinajstić information content (AvgIpc) is 2.48. The largest absolute Gasteiger partial charge is 0.384 e. The van der Waals surface area contributed by atoms with Crippen molar-refractivity contribution in [3.8, 4) is 11.8 Å². The highest BCUT2D eigenvalue weighted by atomic mass is 16.2. The van der Waals surface area contributed by atoms with Crippen molar-refractivity contribution in [2.45, 2.75) is 39.5 Å². The van der Waals surface area contributed by atoms with Crippen LogP contribution in [0.15, 0.2) is 18.2 Å². The van der Waals surface area contributed by atoms with Crippen molar-refractivity contribution in [1.29, 1.82) is 0 Å². The van der Waals surface area contributed by atoms with E-state index in [-0.39, 0.29) is 18.4 Å². The van der Waals surface area contributed by atoms with E-state index in [9.17, 15) is 4.79 Å². The summed E-state index contributed by atoms with van der Waals surface area (Å²) < 4.78 is 0. The van der Waals surface area contributed by atoms with E-state index in [1.807, 2.05) is 25.1 Å². The van der Waals surface area contributed by atoms with Crippen molar-refractivity contribution in [3.63, 3.8) is 0 Å². The van der Waals surface area contributed by atoms with Gasteiger partial charge in [0.15, 0.2) is 0 Å². The fraction of sp³-hybridized carbons (Fsp3) is 0.500. The number of aliphatic hydroxyl groups excluding tert-OH is 1. The third-order valence-corrected chi connectivity index (χ3v) is 4.19. The molecule has 0 heterocycles. The van der Waals surface area contributed by atoms with Gasteiger partial charge in [-0.1, -0.05) is 24.8 Å². The molecule has 0 unspecified atom stereocenters. The first-order valence-electron chi connectivity index (χ1n) is 7.61. The van der Waals surface area contributed by atoms with Crippen LogP contribution in [0.5, 0.6) is 0 Å². The van der Waals surface area contributed by atoms with Crippen molar-refractivity contribution >= 4 is 11.6 Å². The first-order chi connectivity index (χ1) is 10.1. The van der Waals surface area contributed by atoms with Gasteiger partial charge in [0, 0.05) is 17.2 Å². The van der Waals surface area contributed by atoms with Crippen LogP contribution < -0.4 is 5.32 Å². The second kappa shape index (κ2) is 7.28. The Hall–Kier alpha value is -1.79. The van der Waals surface area contributed by atoms with Crippen LogP contribution >= 0.6 is 0 Å². The lowest BCUT2D eigenvalue weighted by Crippen LogP contribution is -2.26. The molecular weight excluding hydrogens is 262 g/mol. The Morgan fingerprint density at radius 3 is 2.71 bits per heavy atom. The molecule has 3 heteroatoms. The van der Waals surface area contributed by atoms with Crippen LogP contribution in [-0.2, 0) is 4.79 Å². The van der Waals surface area contributed by atoms with E-state index in [1.54, 1.807) is 0 Å². The van der Waals surface area contributed by atoms with E-state index in [0.29, 0.717) is 0 Å². The summed E-state index contributed by atoms with van der Waals surface area (Å²) in [7, 11) is 0. The lowest BCUT2D eigenvalue weighted by molar-refractivity contribution is -0.121. The van der Waals surface area contributed by atoms with Crippen LogP contribution in [0, 0.1) is 30.6 Å². The molecule has 21 heavy (non-hydrogen) atoms. The monoisotopic (exact) mass is 285 g/mol. The van der Waals surface area contributed by atoms with Gasteiger partial charge in [0.25, 0.3) is 0 Å². The number of hydrogen-bond acceptors (Lipinski definition) is 2. The topological polar surface area (TPSA) is 49.3 Å². The fourth-order valence-corrected chi connectivity index (χ4v) is 2.73. The molecule has 112 valence electrons. The maximum absolute atomic E-state index is 12.4. The number of aliphatic hydroxyl groups is 1. The fourth-order valence-electron chi connectivity index (χ4n) is 2.73. The molecule has 1 aliphatic rings. The van der Waals surface area contributed by atoms with Crippen molar-refractivity contribution in [2.24, 2.45) is 11.8 Å². The Labute approximate surface area is 126 Å². The van der Waals surface area contributed by atoms with E-state index >= 15 is 0 Å². The van der Waals surface area contributed by atoms with Gasteiger partial charge in [-0.15, -0.1) is 0 Å². The number of hydrogen-bond donors (Lipinski definition) is 2. The molecule has 1 amide bonds. The summed E-state index contributed by atoms with van der Waals surface area (Å²) in [5, 5.41) is 11.8. The molecular formula is C18H23NO2. The first-order valence-corrected chi connectivity index (χ1v) is 7.61. The number of carbonyl (C=O) groups excluding carboxylic acids is 1. The zero-order valence-corrected chi connectivity index (χ0v) is 12.8. The molecule has 1 aromatic carbocycles. The van der Waals surface area contributed by atoms with E-state index in [0.717, 1.165) is 48.4 Å². The lowest BCUT2D eigenvalue weighted by atomic mass is 9.82. The minimum atomic E-state index is -0.157. The predicted octanol–water partition coefficient (Wildman–Crippen LogP) is 3.10. The zero-order valence-electron chi connectivity index (χ0n) is 12.8. The normalized spacial score (nSPS) is 21.3. The Bertz CT molecular complexity index is 560. The van der Waals surface area contributed by atoms with Gasteiger partial charge in [0.1, 0.15) is 6.61 Å². The number of amides is 1. The van der Waals surface area contributed by atoms with Crippen LogP contribution in [0.2, 0.25) is 0 Å². The van der Waals surface area contributed by atoms with Crippen molar-refractivity contribution in [1.82, 2.24) is 0 Å². The molecule has 1 saturated carbocycles. The van der Waals surface area contributed by atoms with Crippen LogP contribution in [-0.4, -0.2) is 17.6 Å². The smallest absolute Gasteiger partial charge is 0.227 e. The van der Waals surface area contributed by atoms with Crippen LogP contribution in [0.25, 0.3) is 0 Å². The highest BCUT2D eigenvalue weighted by Gasteiger charge is 2.24. The van der Waals surface area contributed by atoms with Crippen LogP contribution in [0.3, 0.4) is 0 Å². The Kier molecular flexibility index (Phi) is 5.41. The number of carbonyl (C=O) groups is 1. The van der Waals surface area contributed by atoms with Gasteiger partial charge in [-0.2, -0.15) is 0 Å². The summed E-state index contributed by atoms with van der Waals surface area (Å²) in [4.78, 5) is 12.4. The summed E-state index contributed by atoms with van der Waals surface area (Å²) in [6.45, 7) is 4.07. The number of anilines is 1. The molecule has 2 rings (SSSR count). The molecule has 0 spiro atoms. The molecule has 2 N–H and O–H groups in total. The first kappa shape index (κ1) is 15.6. The zero-order chi connectivity index (χ0) is 15.2. The Morgan fingerprint density at radius 2 is 2.05 bits per heavy atom. The van der Waals surface area contributed by atoms with E-state index in [1.165, 1.54) is 0 Å². The maximum Gasteiger partial charge on any atom is 0.227 e. The predicted molar refractivity (Wildman–Crippen MR) is 84.9 cm³/mol. The van der Waals surface area contributed by atoms with Gasteiger partial charge in [0.05, 0.1) is 0 Å². The second-order valence-corrected chi connectivity index (χ2v) is 5.94. The maximum atomic E-state index is 12.4. The van der Waals surface area contributed by atoms with Crippen molar-refractivity contribution in [3.05, 3.63) is 29.3 Å². The minimum Gasteiger partial charge on any atom is -0.384 e. The third-order valence-electron chi connectivity index (χ3n) is 4.19. The van der Waals surface area contributed by atoms with E-state index < -0.39 is 0 Å². The van der Waals surface area contributed by atoms with E-state index in [4.69, 9.17) is 5.11 Å². The van der Waals surface area contributed by atoms with Crippen molar-refractivity contribution in [2.75, 3.05) is 11.9 Å². The van der Waals surface area contributed by atoms with Gasteiger partial charge in [-0.25, -0.2) is 0 Å². The molecule has 1 aliphatic carbocycles. The van der Waals surface area contributed by atoms with Gasteiger partial charge in [-0.3, -0.25) is 4.79 Å². The molecule has 0 bridgehead atoms. The summed E-state index contributed by atoms with van der Waals surface area (Å²) in [5.74, 6) is 6.49. The number of rotatable bonds is 2.